The van der Waals surface area contributed by atoms with Gasteiger partial charge < -0.3 is 23.9 Å². The van der Waals surface area contributed by atoms with E-state index in [0.29, 0.717) is 28.7 Å². The van der Waals surface area contributed by atoms with Crippen LogP contribution in [0.2, 0.25) is 5.02 Å². The zero-order valence-electron chi connectivity index (χ0n) is 20.2. The Morgan fingerprint density at radius 2 is 1.97 bits per heavy atom. The molecule has 8 heteroatoms. The molecular weight excluding hydrogens is 454 g/mol. The average Bonchev–Trinajstić information content (AvgIpc) is 3.21. The number of fused-ring (bicyclic) bond motifs is 1. The molecule has 0 saturated carbocycles. The summed E-state index contributed by atoms with van der Waals surface area (Å²) in [5.41, 5.74) is 3.71. The summed E-state index contributed by atoms with van der Waals surface area (Å²) in [6.07, 6.45) is 6.31. The van der Waals surface area contributed by atoms with E-state index in [4.69, 9.17) is 26.1 Å². The van der Waals surface area contributed by atoms with E-state index in [-0.39, 0.29) is 12.6 Å². The van der Waals surface area contributed by atoms with Crippen LogP contribution in [0.25, 0.3) is 16.9 Å². The number of methoxy groups -OCH3 is 1. The summed E-state index contributed by atoms with van der Waals surface area (Å²) in [4.78, 5) is 19.3. The number of piperidine rings is 1. The topological polar surface area (TPSA) is 76.3 Å². The third kappa shape index (κ3) is 5.47. The number of halogens is 1. The standard InChI is InChI=1S/C26H32ClN3O4/c1-26(2,3)34-25(32)11-17-5-8-29(9-6-17)19-7-10-30-15-22(28-24(30)13-19)20-14-21(27)23(33-4)12-18(20)16-31/h7,10,12-15,17,31H,5-6,8-9,11,16H2,1-4H3. The summed E-state index contributed by atoms with van der Waals surface area (Å²) in [5.74, 6) is 0.762. The molecule has 1 fully saturated rings. The van der Waals surface area contributed by atoms with Crippen molar-refractivity contribution in [2.75, 3.05) is 25.1 Å². The maximum atomic E-state index is 12.2. The molecule has 2 aromatic heterocycles. The predicted octanol–water partition coefficient (Wildman–Crippen LogP) is 5.10. The number of aromatic nitrogens is 2. The van der Waals surface area contributed by atoms with Gasteiger partial charge >= 0.3 is 5.97 Å². The number of anilines is 1. The highest BCUT2D eigenvalue weighted by Crippen LogP contribution is 2.34. The van der Waals surface area contributed by atoms with E-state index >= 15 is 0 Å². The first kappa shape index (κ1) is 24.4. The number of pyridine rings is 1. The summed E-state index contributed by atoms with van der Waals surface area (Å²) in [6, 6.07) is 7.68. The van der Waals surface area contributed by atoms with Gasteiger partial charge in [-0.1, -0.05) is 11.6 Å². The molecule has 182 valence electrons. The number of carbonyl (C=O) groups excluding carboxylic acids is 1. The Labute approximate surface area is 205 Å². The number of ether oxygens (including phenoxy) is 2. The molecule has 3 heterocycles. The van der Waals surface area contributed by atoms with Gasteiger partial charge in [0.1, 0.15) is 17.0 Å². The molecule has 0 aliphatic carbocycles. The Bertz CT molecular complexity index is 1180. The van der Waals surface area contributed by atoms with Crippen LogP contribution in [0, 0.1) is 5.92 Å². The van der Waals surface area contributed by atoms with Crippen LogP contribution in [0.4, 0.5) is 5.69 Å². The summed E-state index contributed by atoms with van der Waals surface area (Å²) in [6.45, 7) is 7.34. The molecule has 0 atom stereocenters. The molecule has 1 saturated heterocycles. The summed E-state index contributed by atoms with van der Waals surface area (Å²) < 4.78 is 12.7. The van der Waals surface area contributed by atoms with Crippen molar-refractivity contribution in [3.05, 3.63) is 47.2 Å². The van der Waals surface area contributed by atoms with Gasteiger partial charge in [0.25, 0.3) is 0 Å². The summed E-state index contributed by atoms with van der Waals surface area (Å²) in [7, 11) is 1.55. The number of imidazole rings is 1. The molecule has 4 rings (SSSR count). The molecule has 1 aliphatic heterocycles. The van der Waals surface area contributed by atoms with Crippen molar-refractivity contribution in [1.82, 2.24) is 9.38 Å². The third-order valence-electron chi connectivity index (χ3n) is 6.12. The van der Waals surface area contributed by atoms with Crippen LogP contribution in [0.15, 0.2) is 36.7 Å². The van der Waals surface area contributed by atoms with E-state index in [0.717, 1.165) is 48.5 Å². The van der Waals surface area contributed by atoms with Crippen molar-refractivity contribution >= 4 is 28.9 Å². The normalized spacial score (nSPS) is 15.1. The van der Waals surface area contributed by atoms with Crippen LogP contribution < -0.4 is 9.64 Å². The van der Waals surface area contributed by atoms with Gasteiger partial charge in [-0.25, -0.2) is 4.98 Å². The minimum absolute atomic E-state index is 0.113. The summed E-state index contributed by atoms with van der Waals surface area (Å²) >= 11 is 6.33. The van der Waals surface area contributed by atoms with Crippen molar-refractivity contribution in [2.45, 2.75) is 52.2 Å². The second kappa shape index (κ2) is 9.84. The molecule has 1 N–H and O–H groups in total. The first-order valence-electron chi connectivity index (χ1n) is 11.6. The fourth-order valence-electron chi connectivity index (χ4n) is 4.43. The SMILES string of the molecule is COc1cc(CO)c(-c2cn3ccc(N4CCC(CC(=O)OC(C)(C)C)CC4)cc3n2)cc1Cl. The number of aliphatic hydroxyl groups excluding tert-OH is 1. The van der Waals surface area contributed by atoms with E-state index < -0.39 is 5.60 Å². The average molecular weight is 486 g/mol. The molecular formula is C26H32ClN3O4. The lowest BCUT2D eigenvalue weighted by Crippen LogP contribution is -2.35. The molecule has 7 nitrogen and oxygen atoms in total. The smallest absolute Gasteiger partial charge is 0.306 e. The Morgan fingerprint density at radius 1 is 1.24 bits per heavy atom. The Kier molecular flexibility index (Phi) is 7.05. The van der Waals surface area contributed by atoms with Crippen molar-refractivity contribution in [3.8, 4) is 17.0 Å². The molecule has 0 spiro atoms. The highest BCUT2D eigenvalue weighted by Gasteiger charge is 2.25. The quantitative estimate of drug-likeness (QED) is 0.489. The Morgan fingerprint density at radius 3 is 2.62 bits per heavy atom. The van der Waals surface area contributed by atoms with Crippen LogP contribution in [-0.4, -0.2) is 46.3 Å². The van der Waals surface area contributed by atoms with Crippen molar-refractivity contribution in [2.24, 2.45) is 5.92 Å². The van der Waals surface area contributed by atoms with E-state index in [9.17, 15) is 9.90 Å². The molecule has 3 aromatic rings. The highest BCUT2D eigenvalue weighted by atomic mass is 35.5. The summed E-state index contributed by atoms with van der Waals surface area (Å²) in [5, 5.41) is 10.3. The number of hydrogen-bond acceptors (Lipinski definition) is 6. The minimum Gasteiger partial charge on any atom is -0.495 e. The molecule has 1 aromatic carbocycles. The number of esters is 1. The van der Waals surface area contributed by atoms with Crippen molar-refractivity contribution in [3.63, 3.8) is 0 Å². The molecule has 0 amide bonds. The van der Waals surface area contributed by atoms with Gasteiger partial charge in [-0.2, -0.15) is 0 Å². The predicted molar refractivity (Wildman–Crippen MR) is 134 cm³/mol. The van der Waals surface area contributed by atoms with Crippen LogP contribution in [0.5, 0.6) is 5.75 Å². The van der Waals surface area contributed by atoms with E-state index in [2.05, 4.69) is 17.0 Å². The molecule has 0 radical (unpaired) electrons. The molecule has 0 unspecified atom stereocenters. The second-order valence-corrected chi connectivity index (χ2v) is 10.2. The number of hydrogen-bond donors (Lipinski definition) is 1. The van der Waals surface area contributed by atoms with Gasteiger partial charge in [0.2, 0.25) is 0 Å². The van der Waals surface area contributed by atoms with Crippen molar-refractivity contribution < 1.29 is 19.4 Å². The third-order valence-corrected chi connectivity index (χ3v) is 6.42. The lowest BCUT2D eigenvalue weighted by Gasteiger charge is -2.33. The van der Waals surface area contributed by atoms with Gasteiger partial charge in [0.15, 0.2) is 0 Å². The fraction of sp³-hybridized carbons (Fsp3) is 0.462. The largest absolute Gasteiger partial charge is 0.495 e. The number of benzene rings is 1. The maximum Gasteiger partial charge on any atom is 0.306 e. The molecule has 1 aliphatic rings. The van der Waals surface area contributed by atoms with Gasteiger partial charge in [-0.05, 0) is 63.3 Å². The monoisotopic (exact) mass is 485 g/mol. The van der Waals surface area contributed by atoms with Gasteiger partial charge in [0, 0.05) is 49.2 Å². The minimum atomic E-state index is -0.439. The van der Waals surface area contributed by atoms with Crippen LogP contribution >= 0.6 is 11.6 Å². The maximum absolute atomic E-state index is 12.2. The number of carbonyl (C=O) groups is 1. The number of aliphatic hydroxyl groups is 1. The Hall–Kier alpha value is -2.77. The fourth-order valence-corrected chi connectivity index (χ4v) is 4.67. The van der Waals surface area contributed by atoms with Crippen molar-refractivity contribution in [1.29, 1.82) is 0 Å². The lowest BCUT2D eigenvalue weighted by molar-refractivity contribution is -0.156. The molecule has 34 heavy (non-hydrogen) atoms. The van der Waals surface area contributed by atoms with Crippen LogP contribution in [0.1, 0.15) is 45.6 Å². The first-order chi connectivity index (χ1) is 16.2. The molecule has 0 bridgehead atoms. The second-order valence-electron chi connectivity index (χ2n) is 9.80. The van der Waals surface area contributed by atoms with Crippen LogP contribution in [-0.2, 0) is 16.1 Å². The van der Waals surface area contributed by atoms with Crippen LogP contribution in [0.3, 0.4) is 0 Å². The van der Waals surface area contributed by atoms with Gasteiger partial charge in [-0.15, -0.1) is 0 Å². The van der Waals surface area contributed by atoms with Gasteiger partial charge in [-0.3, -0.25) is 4.79 Å². The van der Waals surface area contributed by atoms with Gasteiger partial charge in [0.05, 0.1) is 24.4 Å². The van der Waals surface area contributed by atoms with E-state index in [1.54, 1.807) is 19.2 Å². The van der Waals surface area contributed by atoms with E-state index in [1.165, 1.54) is 0 Å². The number of rotatable bonds is 6. The zero-order chi connectivity index (χ0) is 24.5. The number of nitrogens with zero attached hydrogens (tertiary/aromatic N) is 3. The first-order valence-corrected chi connectivity index (χ1v) is 12.0. The van der Waals surface area contributed by atoms with E-state index in [1.807, 2.05) is 37.6 Å². The zero-order valence-corrected chi connectivity index (χ0v) is 20.9. The Balaban J connectivity index is 1.48. The lowest BCUT2D eigenvalue weighted by atomic mass is 9.93. The highest BCUT2D eigenvalue weighted by molar-refractivity contribution is 6.32.